The van der Waals surface area contributed by atoms with Gasteiger partial charge in [0.2, 0.25) is 0 Å². The van der Waals surface area contributed by atoms with Gasteiger partial charge in [0.05, 0.1) is 0 Å². The van der Waals surface area contributed by atoms with Gasteiger partial charge in [-0.25, -0.2) is 0 Å². The normalized spacial score (nSPS) is 34.1. The van der Waals surface area contributed by atoms with Gasteiger partial charge in [0.25, 0.3) is 5.91 Å². The third-order valence-electron chi connectivity index (χ3n) is 7.52. The molecule has 1 aromatic carbocycles. The van der Waals surface area contributed by atoms with Crippen molar-refractivity contribution in [3.8, 4) is 0 Å². The van der Waals surface area contributed by atoms with E-state index in [1.54, 1.807) is 0 Å². The summed E-state index contributed by atoms with van der Waals surface area (Å²) < 4.78 is 0. The Balaban J connectivity index is 1.33. The summed E-state index contributed by atoms with van der Waals surface area (Å²) >= 11 is 0. The maximum atomic E-state index is 13.4. The molecule has 3 heteroatoms. The molecule has 1 aromatic rings. The molecule has 0 radical (unpaired) electrons. The summed E-state index contributed by atoms with van der Waals surface area (Å²) in [7, 11) is 0. The van der Waals surface area contributed by atoms with Gasteiger partial charge < -0.3 is 10.2 Å². The third-order valence-corrected chi connectivity index (χ3v) is 7.52. The largest absolute Gasteiger partial charge is 0.335 e. The lowest BCUT2D eigenvalue weighted by molar-refractivity contribution is 0.0632. The van der Waals surface area contributed by atoms with Crippen LogP contribution in [0.1, 0.15) is 60.9 Å². The number of amides is 1. The van der Waals surface area contributed by atoms with Crippen molar-refractivity contribution in [3.05, 3.63) is 35.4 Å². The zero-order chi connectivity index (χ0) is 17.5. The molecule has 6 rings (SSSR count). The number of benzene rings is 1. The van der Waals surface area contributed by atoms with E-state index in [9.17, 15) is 4.79 Å². The van der Waals surface area contributed by atoms with Crippen molar-refractivity contribution < 1.29 is 4.79 Å². The van der Waals surface area contributed by atoms with Crippen LogP contribution in [0, 0.1) is 23.7 Å². The molecular formula is C23H32N2O. The number of nitrogens with zero attached hydrogens (tertiary/aromatic N) is 1. The highest BCUT2D eigenvalue weighted by atomic mass is 16.2. The fourth-order valence-corrected chi connectivity index (χ4v) is 6.45. The molecule has 4 bridgehead atoms. The summed E-state index contributed by atoms with van der Waals surface area (Å²) in [5.41, 5.74) is 2.28. The van der Waals surface area contributed by atoms with Gasteiger partial charge in [-0.15, -0.1) is 0 Å². The average molecular weight is 353 g/mol. The Morgan fingerprint density at radius 3 is 2.50 bits per heavy atom. The van der Waals surface area contributed by atoms with Crippen LogP contribution < -0.4 is 5.32 Å². The third kappa shape index (κ3) is 3.31. The van der Waals surface area contributed by atoms with Crippen LogP contribution in [0.2, 0.25) is 0 Å². The van der Waals surface area contributed by atoms with Crippen LogP contribution in [0.15, 0.2) is 24.3 Å². The number of nitrogens with one attached hydrogen (secondary N) is 1. The highest BCUT2D eigenvalue weighted by Gasteiger charge is 2.44. The predicted octanol–water partition coefficient (Wildman–Crippen LogP) is 3.88. The van der Waals surface area contributed by atoms with Crippen molar-refractivity contribution in [2.24, 2.45) is 23.7 Å². The highest BCUT2D eigenvalue weighted by molar-refractivity contribution is 5.94. The maximum absolute atomic E-state index is 13.4. The van der Waals surface area contributed by atoms with E-state index in [4.69, 9.17) is 0 Å². The number of hydrogen-bond donors (Lipinski definition) is 1. The molecule has 2 saturated carbocycles. The molecule has 5 aliphatic rings. The lowest BCUT2D eigenvalue weighted by Gasteiger charge is -2.39. The van der Waals surface area contributed by atoms with E-state index < -0.39 is 0 Å². The number of fused-ring (bicyclic) bond motifs is 1. The van der Waals surface area contributed by atoms with Crippen molar-refractivity contribution in [1.82, 2.24) is 10.2 Å². The van der Waals surface area contributed by atoms with E-state index in [0.717, 1.165) is 55.3 Å². The molecule has 3 heterocycles. The number of carbonyl (C=O) groups excluding carboxylic acids is 1. The van der Waals surface area contributed by atoms with Gasteiger partial charge in [-0.2, -0.15) is 0 Å². The Hall–Kier alpha value is -1.35. The fourth-order valence-electron chi connectivity index (χ4n) is 6.45. The minimum atomic E-state index is 0.301. The minimum absolute atomic E-state index is 0.301. The summed E-state index contributed by atoms with van der Waals surface area (Å²) in [6.07, 6.45) is 10.3. The van der Waals surface area contributed by atoms with Gasteiger partial charge in [-0.3, -0.25) is 4.79 Å². The SMILES string of the molecule is O=C(c1cccc(CC2CCNCC2)c1)N1CC2C[C@@H]3CC1C[C@H](C2)C3. The van der Waals surface area contributed by atoms with Crippen molar-refractivity contribution in [1.29, 1.82) is 0 Å². The molecular weight excluding hydrogens is 320 g/mol. The standard InChI is InChI=1S/C23H32N2O/c26-23(25-15-20-10-18-9-19(11-20)14-22(25)13-18)21-3-1-2-17(12-21)8-16-4-6-24-7-5-16/h1-3,12,16,18-20,22,24H,4-11,13-15H2/t18-,19+,20?,22?. The number of hydrogen-bond acceptors (Lipinski definition) is 2. The summed E-state index contributed by atoms with van der Waals surface area (Å²) in [4.78, 5) is 15.6. The molecule has 0 spiro atoms. The highest BCUT2D eigenvalue weighted by Crippen LogP contribution is 2.47. The second-order valence-electron chi connectivity index (χ2n) is 9.49. The van der Waals surface area contributed by atoms with Crippen LogP contribution in [0.25, 0.3) is 0 Å². The maximum Gasteiger partial charge on any atom is 0.254 e. The van der Waals surface area contributed by atoms with Crippen LogP contribution >= 0.6 is 0 Å². The Morgan fingerprint density at radius 1 is 1.00 bits per heavy atom. The van der Waals surface area contributed by atoms with Crippen LogP contribution in [0.3, 0.4) is 0 Å². The summed E-state index contributed by atoms with van der Waals surface area (Å²) in [5.74, 6) is 3.61. The first-order valence-corrected chi connectivity index (χ1v) is 10.8. The van der Waals surface area contributed by atoms with Crippen molar-refractivity contribution in [2.75, 3.05) is 19.6 Å². The lowest BCUT2D eigenvalue weighted by Crippen LogP contribution is -2.42. The predicted molar refractivity (Wildman–Crippen MR) is 104 cm³/mol. The number of piperidine rings is 1. The molecule has 1 amide bonds. The van der Waals surface area contributed by atoms with E-state index in [2.05, 4.69) is 28.4 Å². The molecule has 3 nitrogen and oxygen atoms in total. The van der Waals surface area contributed by atoms with Crippen molar-refractivity contribution in [2.45, 2.75) is 57.4 Å². The van der Waals surface area contributed by atoms with Gasteiger partial charge in [0, 0.05) is 18.2 Å². The van der Waals surface area contributed by atoms with Crippen LogP contribution in [-0.4, -0.2) is 36.5 Å². The second kappa shape index (κ2) is 6.99. The van der Waals surface area contributed by atoms with Crippen molar-refractivity contribution >= 4 is 5.91 Å². The van der Waals surface area contributed by atoms with E-state index in [1.165, 1.54) is 50.5 Å². The van der Waals surface area contributed by atoms with Crippen LogP contribution in [-0.2, 0) is 6.42 Å². The topological polar surface area (TPSA) is 32.3 Å². The average Bonchev–Trinajstić information content (AvgIpc) is 2.85. The van der Waals surface area contributed by atoms with Crippen LogP contribution in [0.4, 0.5) is 0 Å². The number of rotatable bonds is 3. The molecule has 1 N–H and O–H groups in total. The minimum Gasteiger partial charge on any atom is -0.335 e. The summed E-state index contributed by atoms with van der Waals surface area (Å²) in [5, 5.41) is 3.45. The molecule has 5 fully saturated rings. The molecule has 26 heavy (non-hydrogen) atoms. The van der Waals surface area contributed by atoms with Gasteiger partial charge in [0.1, 0.15) is 0 Å². The van der Waals surface area contributed by atoms with Crippen molar-refractivity contribution in [3.63, 3.8) is 0 Å². The fraction of sp³-hybridized carbons (Fsp3) is 0.696. The molecule has 3 aliphatic heterocycles. The summed E-state index contributed by atoms with van der Waals surface area (Å²) in [6, 6.07) is 9.07. The first kappa shape index (κ1) is 16.8. The molecule has 2 unspecified atom stereocenters. The first-order valence-electron chi connectivity index (χ1n) is 10.8. The van der Waals surface area contributed by atoms with Gasteiger partial charge in [-0.05, 0) is 106 Å². The van der Waals surface area contributed by atoms with Gasteiger partial charge in [0.15, 0.2) is 0 Å². The second-order valence-corrected chi connectivity index (χ2v) is 9.49. The Kier molecular flexibility index (Phi) is 4.52. The molecule has 2 aliphatic carbocycles. The van der Waals surface area contributed by atoms with E-state index >= 15 is 0 Å². The quantitative estimate of drug-likeness (QED) is 0.895. The zero-order valence-electron chi connectivity index (χ0n) is 15.8. The molecule has 140 valence electrons. The smallest absolute Gasteiger partial charge is 0.254 e. The molecule has 3 saturated heterocycles. The van der Waals surface area contributed by atoms with E-state index in [-0.39, 0.29) is 0 Å². The van der Waals surface area contributed by atoms with Crippen LogP contribution in [0.5, 0.6) is 0 Å². The first-order chi connectivity index (χ1) is 12.7. The monoisotopic (exact) mass is 352 g/mol. The van der Waals surface area contributed by atoms with Gasteiger partial charge in [-0.1, -0.05) is 12.1 Å². The Labute approximate surface area is 157 Å². The lowest BCUT2D eigenvalue weighted by atomic mass is 9.68. The zero-order valence-corrected chi connectivity index (χ0v) is 15.8. The molecule has 4 atom stereocenters. The summed E-state index contributed by atoms with van der Waals surface area (Å²) in [6.45, 7) is 3.29. The van der Waals surface area contributed by atoms with E-state index in [0.29, 0.717) is 11.9 Å². The number of carbonyl (C=O) groups is 1. The molecule has 0 aromatic heterocycles. The Bertz CT molecular complexity index is 652. The van der Waals surface area contributed by atoms with E-state index in [1.807, 2.05) is 6.07 Å². The van der Waals surface area contributed by atoms with Gasteiger partial charge >= 0.3 is 0 Å². The Morgan fingerprint density at radius 2 is 1.73 bits per heavy atom.